The van der Waals surface area contributed by atoms with Gasteiger partial charge in [-0.15, -0.1) is 11.3 Å². The molecule has 8 heteroatoms. The molecular formula is C9H8Cl2N2O2S2. The number of rotatable bonds is 4. The van der Waals surface area contributed by atoms with Crippen molar-refractivity contribution in [2.75, 3.05) is 0 Å². The quantitative estimate of drug-likeness (QED) is 0.929. The molecule has 1 atom stereocenters. The van der Waals surface area contributed by atoms with Crippen molar-refractivity contribution in [3.05, 3.63) is 14.7 Å². The van der Waals surface area contributed by atoms with Gasteiger partial charge >= 0.3 is 0 Å². The lowest BCUT2D eigenvalue weighted by Crippen LogP contribution is -2.35. The number of nitriles is 1. The maximum absolute atomic E-state index is 12.0. The van der Waals surface area contributed by atoms with E-state index >= 15 is 0 Å². The molecule has 0 saturated heterocycles. The zero-order valence-corrected chi connectivity index (χ0v) is 11.6. The number of hydrogen-bond donors (Lipinski definition) is 1. The molecule has 0 bridgehead atoms. The molecule has 0 aliphatic heterocycles. The minimum Gasteiger partial charge on any atom is -0.207 e. The van der Waals surface area contributed by atoms with Crippen LogP contribution >= 0.6 is 34.5 Å². The summed E-state index contributed by atoms with van der Waals surface area (Å²) >= 11 is 12.5. The first-order valence-corrected chi connectivity index (χ1v) is 7.86. The molecule has 1 fully saturated rings. The van der Waals surface area contributed by atoms with Crippen molar-refractivity contribution in [1.82, 2.24) is 4.72 Å². The van der Waals surface area contributed by atoms with Crippen LogP contribution in [-0.2, 0) is 10.0 Å². The molecule has 1 unspecified atom stereocenters. The number of nitrogens with zero attached hydrogens (tertiary/aromatic N) is 1. The third kappa shape index (κ3) is 2.92. The zero-order chi connectivity index (χ0) is 12.6. The molecule has 1 heterocycles. The van der Waals surface area contributed by atoms with Crippen molar-refractivity contribution in [3.8, 4) is 6.07 Å². The number of halogens is 2. The summed E-state index contributed by atoms with van der Waals surface area (Å²) in [5.74, 6) is 0.114. The second-order valence-corrected chi connectivity index (χ2v) is 7.72. The van der Waals surface area contributed by atoms with Gasteiger partial charge < -0.3 is 0 Å². The topological polar surface area (TPSA) is 70.0 Å². The molecule has 1 aliphatic carbocycles. The van der Waals surface area contributed by atoms with Gasteiger partial charge in [-0.25, -0.2) is 8.42 Å². The molecule has 92 valence electrons. The van der Waals surface area contributed by atoms with Gasteiger partial charge in [0, 0.05) is 0 Å². The molecule has 17 heavy (non-hydrogen) atoms. The highest BCUT2D eigenvalue weighted by Gasteiger charge is 2.35. The first-order chi connectivity index (χ1) is 7.94. The second-order valence-electron chi connectivity index (χ2n) is 3.75. The summed E-state index contributed by atoms with van der Waals surface area (Å²) in [5.41, 5.74) is 0. The van der Waals surface area contributed by atoms with Gasteiger partial charge in [-0.1, -0.05) is 23.2 Å². The molecule has 0 spiro atoms. The predicted octanol–water partition coefficient (Wildman–Crippen LogP) is 2.64. The normalized spacial score (nSPS) is 17.7. The van der Waals surface area contributed by atoms with E-state index in [1.807, 2.05) is 6.07 Å². The fraction of sp³-hybridized carbons (Fsp3) is 0.444. The maximum Gasteiger partial charge on any atom is 0.244 e. The molecular weight excluding hydrogens is 303 g/mol. The van der Waals surface area contributed by atoms with Gasteiger partial charge in [0.15, 0.2) is 0 Å². The van der Waals surface area contributed by atoms with Gasteiger partial charge in [-0.3, -0.25) is 0 Å². The fourth-order valence-corrected chi connectivity index (χ4v) is 4.76. The summed E-state index contributed by atoms with van der Waals surface area (Å²) in [5, 5.41) is 8.89. The third-order valence-corrected chi connectivity index (χ3v) is 5.62. The summed E-state index contributed by atoms with van der Waals surface area (Å²) in [4.78, 5) is -0.0601. The van der Waals surface area contributed by atoms with Crippen molar-refractivity contribution in [2.24, 2.45) is 5.92 Å². The number of sulfonamides is 1. The van der Waals surface area contributed by atoms with Crippen LogP contribution in [-0.4, -0.2) is 14.5 Å². The van der Waals surface area contributed by atoms with E-state index < -0.39 is 16.1 Å². The highest BCUT2D eigenvalue weighted by molar-refractivity contribution is 7.89. The van der Waals surface area contributed by atoms with Crippen LogP contribution in [0.2, 0.25) is 8.67 Å². The molecule has 0 radical (unpaired) electrons. The first kappa shape index (κ1) is 13.1. The Bertz CT molecular complexity index is 572. The summed E-state index contributed by atoms with van der Waals surface area (Å²) in [6.45, 7) is 0. The number of nitrogens with one attached hydrogen (secondary N) is 1. The second kappa shape index (κ2) is 4.75. The van der Waals surface area contributed by atoms with Crippen LogP contribution in [0, 0.1) is 17.2 Å². The molecule has 1 aromatic rings. The monoisotopic (exact) mass is 310 g/mol. The Morgan fingerprint density at radius 3 is 2.59 bits per heavy atom. The van der Waals surface area contributed by atoms with E-state index in [-0.39, 0.29) is 15.1 Å². The molecule has 0 amide bonds. The van der Waals surface area contributed by atoms with Crippen LogP contribution in [0.3, 0.4) is 0 Å². The highest BCUT2D eigenvalue weighted by Crippen LogP contribution is 2.36. The summed E-state index contributed by atoms with van der Waals surface area (Å²) in [6.07, 6.45) is 1.75. The van der Waals surface area contributed by atoms with Gasteiger partial charge in [0.25, 0.3) is 0 Å². The Kier molecular flexibility index (Phi) is 3.66. The molecule has 0 aromatic carbocycles. The van der Waals surface area contributed by atoms with Crippen LogP contribution in [0.25, 0.3) is 0 Å². The smallest absolute Gasteiger partial charge is 0.207 e. The predicted molar refractivity (Wildman–Crippen MR) is 66.8 cm³/mol. The minimum atomic E-state index is -3.76. The molecule has 1 aromatic heterocycles. The van der Waals surface area contributed by atoms with Gasteiger partial charge in [0.05, 0.1) is 10.4 Å². The van der Waals surface area contributed by atoms with E-state index in [2.05, 4.69) is 4.72 Å². The van der Waals surface area contributed by atoms with Crippen LogP contribution in [0.15, 0.2) is 11.0 Å². The Labute approximate surface area is 113 Å². The number of hydrogen-bond acceptors (Lipinski definition) is 4. The van der Waals surface area contributed by atoms with E-state index in [0.717, 1.165) is 24.2 Å². The third-order valence-electron chi connectivity index (χ3n) is 2.43. The molecule has 1 aliphatic rings. The standard InChI is InChI=1S/C9H8Cl2N2O2S2/c10-8-3-7(9(11)16-8)17(14,15)13-6(4-12)5-1-2-5/h3,5-6,13H,1-2H2. The number of thiophene rings is 1. The summed E-state index contributed by atoms with van der Waals surface area (Å²) in [7, 11) is -3.76. The summed E-state index contributed by atoms with van der Waals surface area (Å²) in [6, 6.07) is 2.56. The van der Waals surface area contributed by atoms with Crippen LogP contribution in [0.5, 0.6) is 0 Å². The Morgan fingerprint density at radius 2 is 2.18 bits per heavy atom. The molecule has 1 N–H and O–H groups in total. The Balaban J connectivity index is 2.24. The van der Waals surface area contributed by atoms with Crippen molar-refractivity contribution in [1.29, 1.82) is 5.26 Å². The van der Waals surface area contributed by atoms with Gasteiger partial charge in [-0.2, -0.15) is 9.98 Å². The van der Waals surface area contributed by atoms with Crippen molar-refractivity contribution < 1.29 is 8.42 Å². The molecule has 2 rings (SSSR count). The Morgan fingerprint density at radius 1 is 1.53 bits per heavy atom. The van der Waals surface area contributed by atoms with E-state index in [0.29, 0.717) is 4.34 Å². The average Bonchev–Trinajstić information content (AvgIpc) is 3.01. The van der Waals surface area contributed by atoms with Crippen molar-refractivity contribution >= 4 is 44.6 Å². The van der Waals surface area contributed by atoms with E-state index in [1.165, 1.54) is 6.07 Å². The first-order valence-electron chi connectivity index (χ1n) is 4.81. The molecule has 4 nitrogen and oxygen atoms in total. The largest absolute Gasteiger partial charge is 0.244 e. The minimum absolute atomic E-state index is 0.0601. The highest BCUT2D eigenvalue weighted by atomic mass is 35.5. The lowest BCUT2D eigenvalue weighted by atomic mass is 10.2. The SMILES string of the molecule is N#CC(NS(=O)(=O)c1cc(Cl)sc1Cl)C1CC1. The summed E-state index contributed by atoms with van der Waals surface area (Å²) < 4.78 is 26.7. The lowest BCUT2D eigenvalue weighted by molar-refractivity contribution is 0.560. The van der Waals surface area contributed by atoms with Gasteiger partial charge in [-0.05, 0) is 24.8 Å². The molecule has 1 saturated carbocycles. The van der Waals surface area contributed by atoms with Crippen molar-refractivity contribution in [3.63, 3.8) is 0 Å². The average molecular weight is 311 g/mol. The lowest BCUT2D eigenvalue weighted by Gasteiger charge is -2.10. The van der Waals surface area contributed by atoms with Gasteiger partial charge in [0.2, 0.25) is 10.0 Å². The van der Waals surface area contributed by atoms with Gasteiger partial charge in [0.1, 0.15) is 15.3 Å². The fourth-order valence-electron chi connectivity index (χ4n) is 1.40. The van der Waals surface area contributed by atoms with Crippen LogP contribution < -0.4 is 4.72 Å². The maximum atomic E-state index is 12.0. The van der Waals surface area contributed by atoms with Crippen LogP contribution in [0.1, 0.15) is 12.8 Å². The Hall–Kier alpha value is -0.320. The van der Waals surface area contributed by atoms with E-state index in [9.17, 15) is 8.42 Å². The van der Waals surface area contributed by atoms with E-state index in [4.69, 9.17) is 28.5 Å². The zero-order valence-electron chi connectivity index (χ0n) is 8.48. The van der Waals surface area contributed by atoms with E-state index in [1.54, 1.807) is 0 Å². The van der Waals surface area contributed by atoms with Crippen molar-refractivity contribution in [2.45, 2.75) is 23.8 Å². The van der Waals surface area contributed by atoms with Crippen LogP contribution in [0.4, 0.5) is 0 Å².